The molecule has 2 rings (SSSR count). The van der Waals surface area contributed by atoms with Crippen molar-refractivity contribution in [3.8, 4) is 0 Å². The molecule has 1 fully saturated rings. The normalized spacial score (nSPS) is 16.2. The summed E-state index contributed by atoms with van der Waals surface area (Å²) < 4.78 is 0. The number of piperazine rings is 1. The minimum atomic E-state index is -0.0507. The predicted molar refractivity (Wildman–Crippen MR) is 87.4 cm³/mol. The van der Waals surface area contributed by atoms with E-state index in [-0.39, 0.29) is 5.91 Å². The monoisotopic (exact) mass is 307 g/mol. The molecular weight excluding hydrogens is 286 g/mol. The number of nitrogens with one attached hydrogen (secondary N) is 2. The third kappa shape index (κ3) is 6.29. The summed E-state index contributed by atoms with van der Waals surface area (Å²) >= 11 is 5.81. The second kappa shape index (κ2) is 8.82. The average Bonchev–Trinajstić information content (AvgIpc) is 2.52. The highest BCUT2D eigenvalue weighted by Gasteiger charge is 2.08. The van der Waals surface area contributed by atoms with Gasteiger partial charge in [0, 0.05) is 43.8 Å². The molecule has 0 bridgehead atoms. The van der Waals surface area contributed by atoms with Gasteiger partial charge in [0.25, 0.3) is 0 Å². The zero-order valence-electron chi connectivity index (χ0n) is 12.1. The summed E-state index contributed by atoms with van der Waals surface area (Å²) in [5.74, 6) is -0.0507. The number of carbonyl (C=O) groups excluding carboxylic acids is 1. The molecule has 0 saturated carbocycles. The van der Waals surface area contributed by atoms with Gasteiger partial charge in [0.1, 0.15) is 0 Å². The number of halogens is 1. The first-order valence-electron chi connectivity index (χ1n) is 7.38. The van der Waals surface area contributed by atoms with Gasteiger partial charge < -0.3 is 15.5 Å². The van der Waals surface area contributed by atoms with Gasteiger partial charge in [-0.2, -0.15) is 0 Å². The van der Waals surface area contributed by atoms with Crippen molar-refractivity contribution in [3.63, 3.8) is 0 Å². The number of nitrogens with zero attached hydrogens (tertiary/aromatic N) is 1. The summed E-state index contributed by atoms with van der Waals surface area (Å²) in [4.78, 5) is 14.1. The Morgan fingerprint density at radius 3 is 2.71 bits per heavy atom. The van der Waals surface area contributed by atoms with Gasteiger partial charge in [-0.1, -0.05) is 23.7 Å². The number of hydrogen-bond acceptors (Lipinski definition) is 3. The lowest BCUT2D eigenvalue weighted by atomic mass is 10.2. The van der Waals surface area contributed by atoms with Crippen molar-refractivity contribution >= 4 is 23.6 Å². The van der Waals surface area contributed by atoms with E-state index < -0.39 is 0 Å². The van der Waals surface area contributed by atoms with Crippen LogP contribution in [0.2, 0.25) is 5.02 Å². The lowest BCUT2D eigenvalue weighted by Gasteiger charge is -2.26. The maximum Gasteiger partial charge on any atom is 0.243 e. The zero-order valence-corrected chi connectivity index (χ0v) is 12.9. The topological polar surface area (TPSA) is 44.4 Å². The molecule has 4 nitrogen and oxygen atoms in total. The number of benzene rings is 1. The molecule has 0 atom stereocenters. The first kappa shape index (κ1) is 16.0. The van der Waals surface area contributed by atoms with Crippen molar-refractivity contribution in [3.05, 3.63) is 40.9 Å². The molecule has 0 aromatic heterocycles. The van der Waals surface area contributed by atoms with Gasteiger partial charge in [-0.15, -0.1) is 0 Å². The summed E-state index contributed by atoms with van der Waals surface area (Å²) in [6.07, 6.45) is 4.34. The number of amides is 1. The highest BCUT2D eigenvalue weighted by Crippen LogP contribution is 2.10. The number of rotatable bonds is 6. The molecule has 0 spiro atoms. The molecule has 0 aliphatic carbocycles. The molecular formula is C16H22ClN3O. The zero-order chi connectivity index (χ0) is 14.9. The first-order valence-corrected chi connectivity index (χ1v) is 7.76. The van der Waals surface area contributed by atoms with Crippen molar-refractivity contribution in [2.24, 2.45) is 0 Å². The fourth-order valence-electron chi connectivity index (χ4n) is 2.25. The summed E-state index contributed by atoms with van der Waals surface area (Å²) in [5.41, 5.74) is 0.968. The maximum absolute atomic E-state index is 11.7. The van der Waals surface area contributed by atoms with Crippen LogP contribution in [0, 0.1) is 0 Å². The van der Waals surface area contributed by atoms with Gasteiger partial charge in [-0.05, 0) is 36.7 Å². The molecule has 114 valence electrons. The van der Waals surface area contributed by atoms with E-state index in [1.807, 2.05) is 24.3 Å². The lowest BCUT2D eigenvalue weighted by molar-refractivity contribution is -0.116. The van der Waals surface area contributed by atoms with E-state index in [1.54, 1.807) is 12.2 Å². The minimum Gasteiger partial charge on any atom is -0.353 e. The molecule has 1 aromatic carbocycles. The van der Waals surface area contributed by atoms with E-state index in [0.29, 0.717) is 11.6 Å². The molecule has 1 heterocycles. The van der Waals surface area contributed by atoms with Gasteiger partial charge in [0.05, 0.1) is 0 Å². The fraction of sp³-hybridized carbons (Fsp3) is 0.438. The van der Waals surface area contributed by atoms with Crippen molar-refractivity contribution < 1.29 is 4.79 Å². The Bertz CT molecular complexity index is 467. The van der Waals surface area contributed by atoms with Crippen LogP contribution in [0.3, 0.4) is 0 Å². The van der Waals surface area contributed by atoms with E-state index in [0.717, 1.165) is 44.7 Å². The van der Waals surface area contributed by atoms with Crippen LogP contribution in [0.15, 0.2) is 30.3 Å². The SMILES string of the molecule is O=C(/C=C/c1ccc(Cl)cc1)NCCCN1CCNCC1. The molecule has 21 heavy (non-hydrogen) atoms. The second-order valence-electron chi connectivity index (χ2n) is 5.12. The molecule has 2 N–H and O–H groups in total. The molecule has 5 heteroatoms. The van der Waals surface area contributed by atoms with Gasteiger partial charge in [-0.3, -0.25) is 4.79 Å². The van der Waals surface area contributed by atoms with Gasteiger partial charge in [-0.25, -0.2) is 0 Å². The van der Waals surface area contributed by atoms with Crippen LogP contribution in [-0.2, 0) is 4.79 Å². The van der Waals surface area contributed by atoms with E-state index in [1.165, 1.54) is 0 Å². The van der Waals surface area contributed by atoms with Crippen molar-refractivity contribution in [2.75, 3.05) is 39.3 Å². The van der Waals surface area contributed by atoms with Crippen LogP contribution in [0.25, 0.3) is 6.08 Å². The van der Waals surface area contributed by atoms with E-state index in [4.69, 9.17) is 11.6 Å². The van der Waals surface area contributed by atoms with Gasteiger partial charge in [0.2, 0.25) is 5.91 Å². The van der Waals surface area contributed by atoms with Crippen molar-refractivity contribution in [2.45, 2.75) is 6.42 Å². The van der Waals surface area contributed by atoms with Crippen molar-refractivity contribution in [1.29, 1.82) is 0 Å². The quantitative estimate of drug-likeness (QED) is 0.622. The fourth-order valence-corrected chi connectivity index (χ4v) is 2.38. The predicted octanol–water partition coefficient (Wildman–Crippen LogP) is 1.76. The molecule has 1 aliphatic heterocycles. The summed E-state index contributed by atoms with van der Waals surface area (Å²) in [6.45, 7) is 6.10. The smallest absolute Gasteiger partial charge is 0.243 e. The second-order valence-corrected chi connectivity index (χ2v) is 5.56. The molecule has 1 amide bonds. The van der Waals surface area contributed by atoms with E-state index in [9.17, 15) is 4.79 Å². The maximum atomic E-state index is 11.7. The van der Waals surface area contributed by atoms with Gasteiger partial charge in [0.15, 0.2) is 0 Å². The Morgan fingerprint density at radius 2 is 2.00 bits per heavy atom. The van der Waals surface area contributed by atoms with Crippen LogP contribution >= 0.6 is 11.6 Å². The Kier molecular flexibility index (Phi) is 6.73. The van der Waals surface area contributed by atoms with E-state index in [2.05, 4.69) is 15.5 Å². The molecule has 1 aromatic rings. The number of carbonyl (C=O) groups is 1. The van der Waals surface area contributed by atoms with Crippen molar-refractivity contribution in [1.82, 2.24) is 15.5 Å². The summed E-state index contributed by atoms with van der Waals surface area (Å²) in [5, 5.41) is 6.94. The Balaban J connectivity index is 1.61. The van der Waals surface area contributed by atoms with E-state index >= 15 is 0 Å². The summed E-state index contributed by atoms with van der Waals surface area (Å²) in [7, 11) is 0. The Labute approximate surface area is 131 Å². The third-order valence-corrected chi connectivity index (χ3v) is 3.71. The van der Waals surface area contributed by atoms with Crippen LogP contribution in [0.5, 0.6) is 0 Å². The Hall–Kier alpha value is -1.36. The van der Waals surface area contributed by atoms with Crippen LogP contribution in [-0.4, -0.2) is 50.1 Å². The standard InChI is InChI=1S/C16H22ClN3O/c17-15-5-2-14(3-6-15)4-7-16(21)19-8-1-11-20-12-9-18-10-13-20/h2-7,18H,1,8-13H2,(H,19,21)/b7-4+. The average molecular weight is 308 g/mol. The Morgan fingerprint density at radius 1 is 1.29 bits per heavy atom. The highest BCUT2D eigenvalue weighted by molar-refractivity contribution is 6.30. The minimum absolute atomic E-state index is 0.0507. The third-order valence-electron chi connectivity index (χ3n) is 3.46. The highest BCUT2D eigenvalue weighted by atomic mass is 35.5. The molecule has 0 radical (unpaired) electrons. The first-order chi connectivity index (χ1) is 10.2. The number of hydrogen-bond donors (Lipinski definition) is 2. The lowest BCUT2D eigenvalue weighted by Crippen LogP contribution is -2.44. The van der Waals surface area contributed by atoms with Crippen LogP contribution < -0.4 is 10.6 Å². The molecule has 1 saturated heterocycles. The van der Waals surface area contributed by atoms with Gasteiger partial charge >= 0.3 is 0 Å². The van der Waals surface area contributed by atoms with Crippen LogP contribution in [0.4, 0.5) is 0 Å². The van der Waals surface area contributed by atoms with Crippen LogP contribution in [0.1, 0.15) is 12.0 Å². The molecule has 0 unspecified atom stereocenters. The largest absolute Gasteiger partial charge is 0.353 e. The summed E-state index contributed by atoms with van der Waals surface area (Å²) in [6, 6.07) is 7.40. The molecule has 1 aliphatic rings.